The van der Waals surface area contributed by atoms with Crippen LogP contribution in [-0.2, 0) is 0 Å². The first-order chi connectivity index (χ1) is 8.93. The summed E-state index contributed by atoms with van der Waals surface area (Å²) in [4.78, 5) is 0. The molecule has 0 aromatic heterocycles. The molecule has 0 radical (unpaired) electrons. The van der Waals surface area contributed by atoms with Crippen molar-refractivity contribution in [2.24, 2.45) is 5.92 Å². The molecular formula is C19H30. The highest BCUT2D eigenvalue weighted by Crippen LogP contribution is 2.16. The molecule has 19 heavy (non-hydrogen) atoms. The van der Waals surface area contributed by atoms with Gasteiger partial charge in [0, 0.05) is 0 Å². The monoisotopic (exact) mass is 258 g/mol. The van der Waals surface area contributed by atoms with Crippen LogP contribution in [0.3, 0.4) is 0 Å². The van der Waals surface area contributed by atoms with Gasteiger partial charge in [-0.15, -0.1) is 0 Å². The molecule has 0 aliphatic heterocycles. The summed E-state index contributed by atoms with van der Waals surface area (Å²) in [5, 5.41) is 0. The van der Waals surface area contributed by atoms with Gasteiger partial charge in [-0.05, 0) is 71.4 Å². The zero-order chi connectivity index (χ0) is 14.7. The Labute approximate surface area is 120 Å². The van der Waals surface area contributed by atoms with Gasteiger partial charge >= 0.3 is 0 Å². The lowest BCUT2D eigenvalue weighted by Crippen LogP contribution is -1.90. The summed E-state index contributed by atoms with van der Waals surface area (Å²) < 4.78 is 0. The molecule has 0 atom stereocenters. The van der Waals surface area contributed by atoms with Crippen molar-refractivity contribution < 1.29 is 0 Å². The highest BCUT2D eigenvalue weighted by molar-refractivity contribution is 5.13. The molecule has 0 heteroatoms. The predicted octanol–water partition coefficient (Wildman–Crippen LogP) is 6.37. The van der Waals surface area contributed by atoms with Gasteiger partial charge in [-0.3, -0.25) is 0 Å². The van der Waals surface area contributed by atoms with Gasteiger partial charge in [0.05, 0.1) is 0 Å². The average molecular weight is 258 g/mol. The zero-order valence-corrected chi connectivity index (χ0v) is 13.6. The van der Waals surface area contributed by atoms with E-state index in [9.17, 15) is 0 Å². The second-order valence-electron chi connectivity index (χ2n) is 5.91. The average Bonchev–Trinajstić information content (AvgIpc) is 2.33. The van der Waals surface area contributed by atoms with Crippen molar-refractivity contribution in [2.45, 2.75) is 67.2 Å². The van der Waals surface area contributed by atoms with Gasteiger partial charge in [0.25, 0.3) is 0 Å². The van der Waals surface area contributed by atoms with Crippen molar-refractivity contribution in [3.8, 4) is 0 Å². The van der Waals surface area contributed by atoms with Gasteiger partial charge < -0.3 is 0 Å². The van der Waals surface area contributed by atoms with Crippen LogP contribution < -0.4 is 0 Å². The fourth-order valence-corrected chi connectivity index (χ4v) is 1.57. The van der Waals surface area contributed by atoms with Gasteiger partial charge in [-0.1, -0.05) is 48.1 Å². The number of allylic oxidation sites excluding steroid dienone is 6. The lowest BCUT2D eigenvalue weighted by Gasteiger charge is -2.07. The number of hydrogen-bond donors (Lipinski definition) is 0. The number of rotatable bonds is 7. The molecule has 0 aromatic rings. The Bertz CT molecular complexity index is 399. The summed E-state index contributed by atoms with van der Waals surface area (Å²) in [6.45, 7) is 13.3. The van der Waals surface area contributed by atoms with E-state index < -0.39 is 0 Å². The quantitative estimate of drug-likeness (QED) is 0.367. The Morgan fingerprint density at radius 1 is 0.947 bits per heavy atom. The highest BCUT2D eigenvalue weighted by atomic mass is 14.0. The Morgan fingerprint density at radius 3 is 2.16 bits per heavy atom. The second kappa shape index (κ2) is 10.7. The van der Waals surface area contributed by atoms with E-state index in [2.05, 4.69) is 65.2 Å². The fraction of sp³-hybridized carbons (Fsp3) is 0.579. The minimum atomic E-state index is 0.788. The molecule has 0 aliphatic carbocycles. The molecule has 0 aromatic carbocycles. The molecule has 0 spiro atoms. The first kappa shape index (κ1) is 17.8. The molecule has 0 saturated carbocycles. The van der Waals surface area contributed by atoms with Crippen LogP contribution in [0, 0.1) is 5.92 Å². The summed E-state index contributed by atoms with van der Waals surface area (Å²) in [6.07, 6.45) is 10.7. The number of hydrogen-bond acceptors (Lipinski definition) is 0. The maximum Gasteiger partial charge on any atom is -0.00564 e. The molecule has 0 nitrogen and oxygen atoms in total. The van der Waals surface area contributed by atoms with E-state index in [4.69, 9.17) is 0 Å². The Morgan fingerprint density at radius 2 is 1.58 bits per heavy atom. The summed E-state index contributed by atoms with van der Waals surface area (Å²) in [6, 6.07) is 0. The van der Waals surface area contributed by atoms with Crippen molar-refractivity contribution in [1.82, 2.24) is 0 Å². The van der Waals surface area contributed by atoms with Crippen molar-refractivity contribution in [2.75, 3.05) is 0 Å². The SMILES string of the molecule is CC(C)=CCC=C=C=CCC(C)=C(C)CCC(C)C. The minimum Gasteiger partial charge on any atom is -0.0814 e. The van der Waals surface area contributed by atoms with Crippen LogP contribution in [-0.4, -0.2) is 0 Å². The fourth-order valence-electron chi connectivity index (χ4n) is 1.57. The second-order valence-corrected chi connectivity index (χ2v) is 5.91. The molecule has 106 valence electrons. The molecule has 0 N–H and O–H groups in total. The topological polar surface area (TPSA) is 0 Å². The van der Waals surface area contributed by atoms with Crippen molar-refractivity contribution in [1.29, 1.82) is 0 Å². The van der Waals surface area contributed by atoms with E-state index in [0.717, 1.165) is 18.8 Å². The van der Waals surface area contributed by atoms with Crippen LogP contribution in [0.2, 0.25) is 0 Å². The van der Waals surface area contributed by atoms with E-state index in [1.807, 2.05) is 6.08 Å². The van der Waals surface area contributed by atoms with Crippen molar-refractivity contribution >= 4 is 0 Å². The van der Waals surface area contributed by atoms with Gasteiger partial charge in [0.2, 0.25) is 0 Å². The third kappa shape index (κ3) is 11.6. The van der Waals surface area contributed by atoms with Gasteiger partial charge in [-0.2, -0.15) is 0 Å². The van der Waals surface area contributed by atoms with Gasteiger partial charge in [-0.25, -0.2) is 0 Å². The van der Waals surface area contributed by atoms with E-state index in [0.29, 0.717) is 0 Å². The molecular weight excluding hydrogens is 228 g/mol. The van der Waals surface area contributed by atoms with Crippen LogP contribution in [0.4, 0.5) is 0 Å². The Hall–Kier alpha value is -1.22. The van der Waals surface area contributed by atoms with Gasteiger partial charge in [0.1, 0.15) is 0 Å². The predicted molar refractivity (Wildman–Crippen MR) is 87.3 cm³/mol. The summed E-state index contributed by atoms with van der Waals surface area (Å²) >= 11 is 0. The molecule has 0 unspecified atom stereocenters. The molecule has 0 amide bonds. The molecule has 0 fully saturated rings. The third-order valence-corrected chi connectivity index (χ3v) is 3.16. The standard InChI is InChI=1S/C19H30/c1-16(2)12-10-8-7-9-11-13-18(5)19(6)15-14-17(3)4/h8,11-12,17H,10,13-15H2,1-6H3. The minimum absolute atomic E-state index is 0.788. The van der Waals surface area contributed by atoms with Crippen LogP contribution in [0.5, 0.6) is 0 Å². The Kier molecular flexibility index (Phi) is 9.99. The first-order valence-corrected chi connectivity index (χ1v) is 7.36. The van der Waals surface area contributed by atoms with E-state index in [1.54, 1.807) is 0 Å². The highest BCUT2D eigenvalue weighted by Gasteiger charge is 1.98. The first-order valence-electron chi connectivity index (χ1n) is 7.36. The lowest BCUT2D eigenvalue weighted by atomic mass is 9.99. The van der Waals surface area contributed by atoms with Crippen molar-refractivity contribution in [3.05, 3.63) is 46.4 Å². The van der Waals surface area contributed by atoms with Crippen LogP contribution in [0.25, 0.3) is 0 Å². The Balaban J connectivity index is 4.26. The van der Waals surface area contributed by atoms with Crippen LogP contribution >= 0.6 is 0 Å². The largest absolute Gasteiger partial charge is 0.0814 e. The third-order valence-electron chi connectivity index (χ3n) is 3.16. The zero-order valence-electron chi connectivity index (χ0n) is 13.6. The molecule has 0 heterocycles. The molecule has 0 bridgehead atoms. The normalized spacial score (nSPS) is 11.3. The summed E-state index contributed by atoms with van der Waals surface area (Å²) in [5.74, 6) is 0.788. The molecule has 0 aliphatic rings. The van der Waals surface area contributed by atoms with E-state index in [1.165, 1.54) is 29.6 Å². The summed E-state index contributed by atoms with van der Waals surface area (Å²) in [5.41, 5.74) is 10.6. The maximum atomic E-state index is 3.12. The van der Waals surface area contributed by atoms with E-state index >= 15 is 0 Å². The molecule has 0 saturated heterocycles. The molecule has 0 rings (SSSR count). The van der Waals surface area contributed by atoms with Crippen LogP contribution in [0.1, 0.15) is 67.2 Å². The lowest BCUT2D eigenvalue weighted by molar-refractivity contribution is 0.582. The maximum absolute atomic E-state index is 3.12. The van der Waals surface area contributed by atoms with Crippen molar-refractivity contribution in [3.63, 3.8) is 0 Å². The van der Waals surface area contributed by atoms with Crippen LogP contribution in [0.15, 0.2) is 46.4 Å². The van der Waals surface area contributed by atoms with Gasteiger partial charge in [0.15, 0.2) is 0 Å². The smallest absolute Gasteiger partial charge is 0.00564 e. The van der Waals surface area contributed by atoms with E-state index in [-0.39, 0.29) is 0 Å². The summed E-state index contributed by atoms with van der Waals surface area (Å²) in [7, 11) is 0.